The van der Waals surface area contributed by atoms with Crippen LogP contribution in [0.5, 0.6) is 0 Å². The number of hydrogen-bond donors (Lipinski definition) is 0. The lowest BCUT2D eigenvalue weighted by Gasteiger charge is -2.10. The zero-order chi connectivity index (χ0) is 6.97. The predicted octanol–water partition coefficient (Wildman–Crippen LogP) is 2.48. The molecule has 0 aromatic rings. The van der Waals surface area contributed by atoms with Crippen LogP contribution in [0, 0.1) is 0 Å². The van der Waals surface area contributed by atoms with Gasteiger partial charge in [0.25, 0.3) is 0 Å². The fourth-order valence-corrected chi connectivity index (χ4v) is 2.68. The van der Waals surface area contributed by atoms with Crippen molar-refractivity contribution in [3.63, 3.8) is 0 Å². The Balaban J connectivity index is 2.21. The molecule has 54 valence electrons. The summed E-state index contributed by atoms with van der Waals surface area (Å²) >= 11 is 1.50. The minimum Gasteiger partial charge on any atom is -0.287 e. The minimum atomic E-state index is 0.376. The van der Waals surface area contributed by atoms with Crippen molar-refractivity contribution in [1.82, 2.24) is 0 Å². The maximum Gasteiger partial charge on any atom is 0.193 e. The van der Waals surface area contributed by atoms with Gasteiger partial charge >= 0.3 is 0 Å². The second kappa shape index (κ2) is 2.42. The number of thioether (sulfide) groups is 1. The van der Waals surface area contributed by atoms with Crippen LogP contribution in [0.1, 0.15) is 32.1 Å². The molecule has 0 aromatic carbocycles. The van der Waals surface area contributed by atoms with Crippen molar-refractivity contribution in [2.24, 2.45) is 0 Å². The van der Waals surface area contributed by atoms with E-state index >= 15 is 0 Å². The standard InChI is InChI=1S/C8H10OS/c9-8-5-4-6-2-1-3-7(6)10-8/h1-5H2. The fraction of sp³-hybridized carbons (Fsp3) is 0.625. The van der Waals surface area contributed by atoms with Crippen molar-refractivity contribution >= 4 is 16.9 Å². The third-order valence-corrected chi connectivity index (χ3v) is 3.32. The van der Waals surface area contributed by atoms with Gasteiger partial charge in [-0.05, 0) is 30.6 Å². The molecule has 1 nitrogen and oxygen atoms in total. The molecule has 0 fully saturated rings. The van der Waals surface area contributed by atoms with Crippen molar-refractivity contribution in [1.29, 1.82) is 0 Å². The van der Waals surface area contributed by atoms with E-state index in [0.29, 0.717) is 5.12 Å². The van der Waals surface area contributed by atoms with Gasteiger partial charge in [-0.15, -0.1) is 0 Å². The van der Waals surface area contributed by atoms with E-state index in [1.54, 1.807) is 5.57 Å². The summed E-state index contributed by atoms with van der Waals surface area (Å²) in [6, 6.07) is 0. The molecule has 0 aromatic heterocycles. The van der Waals surface area contributed by atoms with Crippen molar-refractivity contribution in [3.8, 4) is 0 Å². The van der Waals surface area contributed by atoms with E-state index in [2.05, 4.69) is 0 Å². The summed E-state index contributed by atoms with van der Waals surface area (Å²) in [7, 11) is 0. The van der Waals surface area contributed by atoms with Crippen LogP contribution in [0.2, 0.25) is 0 Å². The second-order valence-corrected chi connectivity index (χ2v) is 4.01. The Labute approximate surface area is 64.9 Å². The molecule has 1 heterocycles. The van der Waals surface area contributed by atoms with Gasteiger partial charge in [0.15, 0.2) is 5.12 Å². The maximum atomic E-state index is 10.9. The molecule has 0 radical (unpaired) electrons. The van der Waals surface area contributed by atoms with Crippen LogP contribution >= 0.6 is 11.8 Å². The predicted molar refractivity (Wildman–Crippen MR) is 42.7 cm³/mol. The first-order valence-electron chi connectivity index (χ1n) is 3.78. The van der Waals surface area contributed by atoms with Gasteiger partial charge in [-0.2, -0.15) is 0 Å². The first-order chi connectivity index (χ1) is 4.86. The van der Waals surface area contributed by atoms with Crippen molar-refractivity contribution in [2.75, 3.05) is 0 Å². The summed E-state index contributed by atoms with van der Waals surface area (Å²) in [5.41, 5.74) is 1.57. The molecule has 0 saturated heterocycles. The van der Waals surface area contributed by atoms with Crippen molar-refractivity contribution < 1.29 is 4.79 Å². The minimum absolute atomic E-state index is 0.376. The van der Waals surface area contributed by atoms with Gasteiger partial charge in [0.05, 0.1) is 0 Å². The average molecular weight is 154 g/mol. The summed E-state index contributed by atoms with van der Waals surface area (Å²) in [5, 5.41) is 0.376. The normalized spacial score (nSPS) is 25.4. The van der Waals surface area contributed by atoms with E-state index in [9.17, 15) is 4.79 Å². The van der Waals surface area contributed by atoms with Gasteiger partial charge in [-0.25, -0.2) is 0 Å². The van der Waals surface area contributed by atoms with Crippen molar-refractivity contribution in [3.05, 3.63) is 10.5 Å². The van der Waals surface area contributed by atoms with Crippen LogP contribution in [-0.4, -0.2) is 5.12 Å². The molecule has 0 unspecified atom stereocenters. The van der Waals surface area contributed by atoms with E-state index in [1.807, 2.05) is 0 Å². The van der Waals surface area contributed by atoms with Gasteiger partial charge in [-0.3, -0.25) is 4.79 Å². The average Bonchev–Trinajstić information content (AvgIpc) is 2.33. The summed E-state index contributed by atoms with van der Waals surface area (Å²) < 4.78 is 0. The molecule has 0 saturated carbocycles. The molecule has 10 heavy (non-hydrogen) atoms. The molecule has 0 bridgehead atoms. The SMILES string of the molecule is O=C1CCC2=C(CCC2)S1. The Morgan fingerprint density at radius 3 is 2.90 bits per heavy atom. The zero-order valence-corrected chi connectivity index (χ0v) is 6.67. The van der Waals surface area contributed by atoms with Crippen LogP contribution in [0.3, 0.4) is 0 Å². The van der Waals surface area contributed by atoms with Gasteiger partial charge in [-0.1, -0.05) is 17.3 Å². The quantitative estimate of drug-likeness (QED) is 0.533. The highest BCUT2D eigenvalue weighted by atomic mass is 32.2. The van der Waals surface area contributed by atoms with Gasteiger partial charge in [0.1, 0.15) is 0 Å². The van der Waals surface area contributed by atoms with Gasteiger partial charge in [0.2, 0.25) is 0 Å². The molecule has 0 spiro atoms. The van der Waals surface area contributed by atoms with Crippen LogP contribution < -0.4 is 0 Å². The molecule has 1 aliphatic heterocycles. The smallest absolute Gasteiger partial charge is 0.193 e. The van der Waals surface area contributed by atoms with E-state index in [1.165, 1.54) is 35.9 Å². The van der Waals surface area contributed by atoms with Gasteiger partial charge in [0, 0.05) is 6.42 Å². The summed E-state index contributed by atoms with van der Waals surface area (Å²) in [6.07, 6.45) is 5.55. The molecular formula is C8H10OS. The number of carbonyl (C=O) groups excluding carboxylic acids is 1. The van der Waals surface area contributed by atoms with E-state index < -0.39 is 0 Å². The first kappa shape index (κ1) is 6.47. The maximum absolute atomic E-state index is 10.9. The Hall–Kier alpha value is -0.240. The van der Waals surface area contributed by atoms with E-state index in [4.69, 9.17) is 0 Å². The molecule has 0 N–H and O–H groups in total. The zero-order valence-electron chi connectivity index (χ0n) is 5.85. The Morgan fingerprint density at radius 2 is 2.00 bits per heavy atom. The van der Waals surface area contributed by atoms with Crippen molar-refractivity contribution in [2.45, 2.75) is 32.1 Å². The lowest BCUT2D eigenvalue weighted by atomic mass is 10.1. The first-order valence-corrected chi connectivity index (χ1v) is 4.59. The molecule has 2 aliphatic rings. The lowest BCUT2D eigenvalue weighted by Crippen LogP contribution is -1.99. The highest BCUT2D eigenvalue weighted by Gasteiger charge is 2.22. The summed E-state index contributed by atoms with van der Waals surface area (Å²) in [6.45, 7) is 0. The lowest BCUT2D eigenvalue weighted by molar-refractivity contribution is -0.111. The number of carbonyl (C=O) groups is 1. The second-order valence-electron chi connectivity index (χ2n) is 2.85. The number of hydrogen-bond acceptors (Lipinski definition) is 2. The third kappa shape index (κ3) is 1.01. The summed E-state index contributed by atoms with van der Waals surface area (Å²) in [5.74, 6) is 0. The Kier molecular flexibility index (Phi) is 1.57. The number of rotatable bonds is 0. The fourth-order valence-electron chi connectivity index (χ4n) is 1.61. The summed E-state index contributed by atoms with van der Waals surface area (Å²) in [4.78, 5) is 12.3. The van der Waals surface area contributed by atoms with Gasteiger partial charge < -0.3 is 0 Å². The Morgan fingerprint density at radius 1 is 1.10 bits per heavy atom. The van der Waals surface area contributed by atoms with Crippen LogP contribution in [0.25, 0.3) is 0 Å². The molecule has 2 rings (SSSR count). The molecule has 2 heteroatoms. The molecule has 1 aliphatic carbocycles. The highest BCUT2D eigenvalue weighted by molar-refractivity contribution is 8.17. The van der Waals surface area contributed by atoms with Crippen LogP contribution in [-0.2, 0) is 4.79 Å². The third-order valence-electron chi connectivity index (χ3n) is 2.14. The number of allylic oxidation sites excluding steroid dienone is 2. The highest BCUT2D eigenvalue weighted by Crippen LogP contribution is 2.41. The molecular weight excluding hydrogens is 144 g/mol. The van der Waals surface area contributed by atoms with Crippen LogP contribution in [0.15, 0.2) is 10.5 Å². The molecule has 0 atom stereocenters. The molecule has 0 amide bonds. The largest absolute Gasteiger partial charge is 0.287 e. The van der Waals surface area contributed by atoms with E-state index in [-0.39, 0.29) is 0 Å². The topological polar surface area (TPSA) is 17.1 Å². The van der Waals surface area contributed by atoms with E-state index in [0.717, 1.165) is 12.8 Å². The van der Waals surface area contributed by atoms with Crippen LogP contribution in [0.4, 0.5) is 0 Å². The monoisotopic (exact) mass is 154 g/mol. The Bertz CT molecular complexity index is 205.